The Kier molecular flexibility index (Phi) is 8.72. The van der Waals surface area contributed by atoms with Crippen molar-refractivity contribution in [3.63, 3.8) is 0 Å². The zero-order valence-electron chi connectivity index (χ0n) is 13.6. The Morgan fingerprint density at radius 2 is 1.53 bits per heavy atom. The van der Waals surface area contributed by atoms with Crippen LogP contribution < -0.4 is 5.32 Å². The van der Waals surface area contributed by atoms with Crippen LogP contribution in [0.2, 0.25) is 0 Å². The number of ether oxygens (including phenoxy) is 1. The van der Waals surface area contributed by atoms with E-state index in [9.17, 15) is 0 Å². The summed E-state index contributed by atoms with van der Waals surface area (Å²) < 4.78 is 5.98. The molecule has 1 aliphatic rings. The second-order valence-corrected chi connectivity index (χ2v) is 7.04. The maximum atomic E-state index is 5.98. The minimum Gasteiger partial charge on any atom is -0.377 e. The Morgan fingerprint density at radius 3 is 2.05 bits per heavy atom. The topological polar surface area (TPSA) is 21.3 Å². The lowest BCUT2D eigenvalue weighted by atomic mass is 9.95. The summed E-state index contributed by atoms with van der Waals surface area (Å²) in [4.78, 5) is 0. The Balaban J connectivity index is 2.12. The first kappa shape index (κ1) is 17.0. The molecule has 0 bridgehead atoms. The number of rotatable bonds is 9. The smallest absolute Gasteiger partial charge is 0.0594 e. The van der Waals surface area contributed by atoms with E-state index >= 15 is 0 Å². The molecular weight excluding hydrogens is 234 g/mol. The lowest BCUT2D eigenvalue weighted by Crippen LogP contribution is -2.35. The molecule has 1 fully saturated rings. The second kappa shape index (κ2) is 9.77. The molecule has 0 aromatic carbocycles. The van der Waals surface area contributed by atoms with Gasteiger partial charge in [-0.15, -0.1) is 0 Å². The number of nitrogens with one attached hydrogen (secondary N) is 1. The van der Waals surface area contributed by atoms with Crippen molar-refractivity contribution < 1.29 is 4.74 Å². The van der Waals surface area contributed by atoms with Crippen LogP contribution in [0.5, 0.6) is 0 Å². The van der Waals surface area contributed by atoms with Gasteiger partial charge in [0.25, 0.3) is 0 Å². The summed E-state index contributed by atoms with van der Waals surface area (Å²) in [5, 5.41) is 3.70. The molecule has 0 aliphatic heterocycles. The number of hydrogen-bond acceptors (Lipinski definition) is 2. The molecule has 114 valence electrons. The van der Waals surface area contributed by atoms with Crippen molar-refractivity contribution in [2.75, 3.05) is 13.2 Å². The third kappa shape index (κ3) is 8.65. The van der Waals surface area contributed by atoms with Crippen molar-refractivity contribution in [2.24, 2.45) is 11.8 Å². The largest absolute Gasteiger partial charge is 0.377 e. The molecule has 19 heavy (non-hydrogen) atoms. The molecule has 0 radical (unpaired) electrons. The van der Waals surface area contributed by atoms with E-state index in [0.29, 0.717) is 12.1 Å². The monoisotopic (exact) mass is 269 g/mol. The van der Waals surface area contributed by atoms with Gasteiger partial charge in [0.05, 0.1) is 12.7 Å². The number of hydrogen-bond donors (Lipinski definition) is 1. The molecule has 0 saturated heterocycles. The minimum absolute atomic E-state index is 0.546. The fourth-order valence-corrected chi connectivity index (χ4v) is 3.12. The van der Waals surface area contributed by atoms with Crippen molar-refractivity contribution in [3.8, 4) is 0 Å². The third-order valence-corrected chi connectivity index (χ3v) is 3.95. The Morgan fingerprint density at radius 1 is 0.947 bits per heavy atom. The second-order valence-electron chi connectivity index (χ2n) is 7.04. The molecule has 2 nitrogen and oxygen atoms in total. The molecule has 1 aliphatic carbocycles. The highest BCUT2D eigenvalue weighted by atomic mass is 16.5. The van der Waals surface area contributed by atoms with Gasteiger partial charge in [-0.05, 0) is 37.5 Å². The molecule has 0 atom stereocenters. The van der Waals surface area contributed by atoms with Crippen LogP contribution in [0, 0.1) is 11.8 Å². The highest BCUT2D eigenvalue weighted by Gasteiger charge is 2.15. The molecule has 2 heteroatoms. The van der Waals surface area contributed by atoms with Gasteiger partial charge in [0, 0.05) is 12.6 Å². The Labute approximate surface area is 120 Å². The van der Waals surface area contributed by atoms with E-state index in [4.69, 9.17) is 4.74 Å². The highest BCUT2D eigenvalue weighted by molar-refractivity contribution is 4.71. The van der Waals surface area contributed by atoms with Crippen LogP contribution >= 0.6 is 0 Å². The zero-order valence-corrected chi connectivity index (χ0v) is 13.6. The van der Waals surface area contributed by atoms with Crippen LogP contribution in [-0.2, 0) is 4.74 Å². The van der Waals surface area contributed by atoms with Crippen LogP contribution in [0.1, 0.15) is 72.6 Å². The molecule has 0 unspecified atom stereocenters. The predicted molar refractivity (Wildman–Crippen MR) is 83.5 cm³/mol. The average Bonchev–Trinajstić information content (AvgIpc) is 2.34. The molecule has 0 aromatic rings. The zero-order chi connectivity index (χ0) is 14.1. The summed E-state index contributed by atoms with van der Waals surface area (Å²) in [6.07, 6.45) is 9.79. The molecule has 0 amide bonds. The SMILES string of the molecule is CC(C)CC(CC(C)C)NCCOC1CCCCC1. The van der Waals surface area contributed by atoms with Crippen LogP contribution in [0.25, 0.3) is 0 Å². The van der Waals surface area contributed by atoms with Gasteiger partial charge in [-0.1, -0.05) is 47.0 Å². The summed E-state index contributed by atoms with van der Waals surface area (Å²) in [6, 6.07) is 0.662. The van der Waals surface area contributed by atoms with E-state index in [1.807, 2.05) is 0 Å². The quantitative estimate of drug-likeness (QED) is 0.627. The molecular formula is C17H35NO. The summed E-state index contributed by atoms with van der Waals surface area (Å²) in [6.45, 7) is 11.2. The normalized spacial score (nSPS) is 17.8. The molecule has 1 N–H and O–H groups in total. The van der Waals surface area contributed by atoms with Crippen molar-refractivity contribution in [1.29, 1.82) is 0 Å². The maximum Gasteiger partial charge on any atom is 0.0594 e. The van der Waals surface area contributed by atoms with Gasteiger partial charge in [0.2, 0.25) is 0 Å². The first-order valence-electron chi connectivity index (χ1n) is 8.43. The van der Waals surface area contributed by atoms with Gasteiger partial charge in [-0.25, -0.2) is 0 Å². The highest BCUT2D eigenvalue weighted by Crippen LogP contribution is 2.20. The van der Waals surface area contributed by atoms with E-state index in [-0.39, 0.29) is 0 Å². The first-order valence-corrected chi connectivity index (χ1v) is 8.43. The minimum atomic E-state index is 0.546. The van der Waals surface area contributed by atoms with Crippen LogP contribution in [0.4, 0.5) is 0 Å². The summed E-state index contributed by atoms with van der Waals surface area (Å²) in [5.41, 5.74) is 0. The van der Waals surface area contributed by atoms with E-state index in [2.05, 4.69) is 33.0 Å². The van der Waals surface area contributed by atoms with Gasteiger partial charge in [0.1, 0.15) is 0 Å². The molecule has 0 spiro atoms. The van der Waals surface area contributed by atoms with Crippen LogP contribution in [-0.4, -0.2) is 25.3 Å². The summed E-state index contributed by atoms with van der Waals surface area (Å²) in [5.74, 6) is 1.55. The van der Waals surface area contributed by atoms with Gasteiger partial charge < -0.3 is 10.1 Å². The van der Waals surface area contributed by atoms with Gasteiger partial charge in [-0.3, -0.25) is 0 Å². The Bertz CT molecular complexity index is 199. The van der Waals surface area contributed by atoms with Crippen molar-refractivity contribution >= 4 is 0 Å². The maximum absolute atomic E-state index is 5.98. The summed E-state index contributed by atoms with van der Waals surface area (Å²) >= 11 is 0. The van der Waals surface area contributed by atoms with E-state index in [1.54, 1.807) is 0 Å². The lowest BCUT2D eigenvalue weighted by Gasteiger charge is -2.25. The average molecular weight is 269 g/mol. The van der Waals surface area contributed by atoms with Gasteiger partial charge in [-0.2, -0.15) is 0 Å². The van der Waals surface area contributed by atoms with Crippen LogP contribution in [0.15, 0.2) is 0 Å². The van der Waals surface area contributed by atoms with Crippen molar-refractivity contribution in [3.05, 3.63) is 0 Å². The van der Waals surface area contributed by atoms with Crippen molar-refractivity contribution in [2.45, 2.75) is 84.8 Å². The summed E-state index contributed by atoms with van der Waals surface area (Å²) in [7, 11) is 0. The fraction of sp³-hybridized carbons (Fsp3) is 1.00. The Hall–Kier alpha value is -0.0800. The fourth-order valence-electron chi connectivity index (χ4n) is 3.12. The van der Waals surface area contributed by atoms with E-state index in [1.165, 1.54) is 44.9 Å². The molecule has 0 heterocycles. The lowest BCUT2D eigenvalue weighted by molar-refractivity contribution is 0.0289. The molecule has 0 aromatic heterocycles. The van der Waals surface area contributed by atoms with E-state index in [0.717, 1.165) is 25.0 Å². The third-order valence-electron chi connectivity index (χ3n) is 3.95. The molecule has 1 rings (SSSR count). The van der Waals surface area contributed by atoms with Crippen molar-refractivity contribution in [1.82, 2.24) is 5.32 Å². The predicted octanol–water partition coefficient (Wildman–Crippen LogP) is 4.39. The first-order chi connectivity index (χ1) is 9.08. The standard InChI is InChI=1S/C17H35NO/c1-14(2)12-16(13-15(3)4)18-10-11-19-17-8-6-5-7-9-17/h14-18H,5-13H2,1-4H3. The van der Waals surface area contributed by atoms with Crippen LogP contribution in [0.3, 0.4) is 0 Å². The molecule has 1 saturated carbocycles. The van der Waals surface area contributed by atoms with E-state index < -0.39 is 0 Å². The van der Waals surface area contributed by atoms with Gasteiger partial charge >= 0.3 is 0 Å². The van der Waals surface area contributed by atoms with Gasteiger partial charge in [0.15, 0.2) is 0 Å².